The number of fused-ring (bicyclic) bond motifs is 1. The lowest BCUT2D eigenvalue weighted by molar-refractivity contribution is 0.0228. The van der Waals surface area contributed by atoms with Crippen LogP contribution in [-0.4, -0.2) is 57.3 Å². The molecule has 184 valence electrons. The van der Waals surface area contributed by atoms with Gasteiger partial charge in [-0.25, -0.2) is 13.8 Å². The molecule has 0 radical (unpaired) electrons. The maximum atomic E-state index is 13.7. The molecule has 4 aromatic rings. The number of rotatable bonds is 4. The highest BCUT2D eigenvalue weighted by atomic mass is 32.1. The average Bonchev–Trinajstić information content (AvgIpc) is 3.55. The molecule has 36 heavy (non-hydrogen) atoms. The number of piperidine rings is 1. The van der Waals surface area contributed by atoms with Crippen molar-refractivity contribution in [1.82, 2.24) is 19.4 Å². The smallest absolute Gasteiger partial charge is 0.282 e. The maximum absolute atomic E-state index is 13.7. The van der Waals surface area contributed by atoms with Crippen LogP contribution in [0, 0.1) is 23.5 Å². The van der Waals surface area contributed by atoms with Gasteiger partial charge in [-0.15, -0.1) is 11.3 Å². The Balaban J connectivity index is 1.07. The normalized spacial score (nSPS) is 16.9. The minimum atomic E-state index is -0.898. The lowest BCUT2D eigenvalue weighted by Gasteiger charge is -2.46. The average molecular weight is 507 g/mol. The van der Waals surface area contributed by atoms with E-state index in [1.54, 1.807) is 23.0 Å². The van der Waals surface area contributed by atoms with Crippen molar-refractivity contribution in [3.05, 3.63) is 82.4 Å². The number of hydrogen-bond donors (Lipinski definition) is 0. The third kappa shape index (κ3) is 4.07. The molecule has 0 saturated carbocycles. The van der Waals surface area contributed by atoms with E-state index in [1.807, 2.05) is 33.4 Å². The zero-order chi connectivity index (χ0) is 24.8. The molecule has 2 aromatic carbocycles. The van der Waals surface area contributed by atoms with Crippen molar-refractivity contribution >= 4 is 34.1 Å². The first-order valence-corrected chi connectivity index (χ1v) is 12.9. The first kappa shape index (κ1) is 22.8. The molecule has 2 aromatic heterocycles. The molecule has 2 amide bonds. The molecule has 9 heteroatoms. The topological polar surface area (TPSA) is 58.4 Å². The van der Waals surface area contributed by atoms with Crippen molar-refractivity contribution in [1.29, 1.82) is 0 Å². The largest absolute Gasteiger partial charge is 0.338 e. The number of benzene rings is 2. The number of nitrogens with zero attached hydrogens (tertiary/aromatic N) is 4. The summed E-state index contributed by atoms with van der Waals surface area (Å²) in [6.07, 6.45) is 5.35. The number of halogens is 2. The minimum Gasteiger partial charge on any atom is -0.338 e. The predicted molar refractivity (Wildman–Crippen MR) is 133 cm³/mol. The number of hydrogen-bond acceptors (Lipinski definition) is 4. The molecule has 0 spiro atoms. The second-order valence-electron chi connectivity index (χ2n) is 9.49. The van der Waals surface area contributed by atoms with Gasteiger partial charge in [0.25, 0.3) is 11.8 Å². The Morgan fingerprint density at radius 2 is 1.69 bits per heavy atom. The standard InChI is InChI=1S/C27H24F2N4O2S/c28-22-3-2-21(14-23(22)29)33-11-7-18-13-19(1-4-24(18)33)26(34)32-15-20(16-32)17-5-9-31(10-6-17)27(35)25-30-8-12-36-25/h1-4,7-8,11-14,17,20H,5-6,9-10,15-16H2. The third-order valence-electron chi connectivity index (χ3n) is 7.42. The lowest BCUT2D eigenvalue weighted by atomic mass is 9.79. The van der Waals surface area contributed by atoms with Crippen LogP contribution < -0.4 is 0 Å². The number of thiazole rings is 1. The zero-order valence-corrected chi connectivity index (χ0v) is 20.3. The molecule has 0 N–H and O–H groups in total. The summed E-state index contributed by atoms with van der Waals surface area (Å²) in [5.41, 5.74) is 1.96. The number of likely N-dealkylation sites (tertiary alicyclic amines) is 2. The molecule has 2 saturated heterocycles. The van der Waals surface area contributed by atoms with E-state index in [4.69, 9.17) is 0 Å². The summed E-state index contributed by atoms with van der Waals surface area (Å²) >= 11 is 1.37. The fraction of sp³-hybridized carbons (Fsp3) is 0.296. The van der Waals surface area contributed by atoms with Gasteiger partial charge in [0.2, 0.25) is 0 Å². The third-order valence-corrected chi connectivity index (χ3v) is 8.19. The van der Waals surface area contributed by atoms with Crippen LogP contribution in [0.5, 0.6) is 0 Å². The highest BCUT2D eigenvalue weighted by Gasteiger charge is 2.38. The molecule has 0 unspecified atom stereocenters. The molecule has 4 heterocycles. The lowest BCUT2D eigenvalue weighted by Crippen LogP contribution is -2.54. The summed E-state index contributed by atoms with van der Waals surface area (Å²) in [6.45, 7) is 2.94. The van der Waals surface area contributed by atoms with Gasteiger partial charge in [-0.1, -0.05) is 0 Å². The Kier molecular flexibility index (Phi) is 5.79. The molecule has 2 aliphatic rings. The van der Waals surface area contributed by atoms with Crippen molar-refractivity contribution in [2.24, 2.45) is 11.8 Å². The number of amides is 2. The Morgan fingerprint density at radius 3 is 2.42 bits per heavy atom. The van der Waals surface area contributed by atoms with Gasteiger partial charge in [0, 0.05) is 66.7 Å². The predicted octanol–water partition coefficient (Wildman–Crippen LogP) is 4.99. The highest BCUT2D eigenvalue weighted by molar-refractivity contribution is 7.11. The van der Waals surface area contributed by atoms with Gasteiger partial charge in [-0.2, -0.15) is 0 Å². The monoisotopic (exact) mass is 506 g/mol. The minimum absolute atomic E-state index is 0.00473. The van der Waals surface area contributed by atoms with Gasteiger partial charge in [0.15, 0.2) is 16.6 Å². The highest BCUT2D eigenvalue weighted by Crippen LogP contribution is 2.33. The van der Waals surface area contributed by atoms with Gasteiger partial charge in [-0.05, 0) is 61.1 Å². The number of carbonyl (C=O) groups is 2. The molecule has 6 rings (SSSR count). The maximum Gasteiger partial charge on any atom is 0.282 e. The Bertz CT molecular complexity index is 1440. The van der Waals surface area contributed by atoms with Crippen LogP contribution in [0.2, 0.25) is 0 Å². The summed E-state index contributed by atoms with van der Waals surface area (Å²) in [4.78, 5) is 33.5. The molecular weight excluding hydrogens is 482 g/mol. The SMILES string of the molecule is O=C(c1ccc2c(ccn2-c2ccc(F)c(F)c2)c1)N1CC(C2CCN(C(=O)c3nccs3)CC2)C1. The van der Waals surface area contributed by atoms with Crippen molar-refractivity contribution in [2.75, 3.05) is 26.2 Å². The summed E-state index contributed by atoms with van der Waals surface area (Å²) in [5, 5.41) is 3.23. The molecule has 0 bridgehead atoms. The van der Waals surface area contributed by atoms with Crippen molar-refractivity contribution in [3.8, 4) is 5.69 Å². The summed E-state index contributed by atoms with van der Waals surface area (Å²) < 4.78 is 28.8. The molecule has 2 fully saturated rings. The fourth-order valence-electron chi connectivity index (χ4n) is 5.33. The van der Waals surface area contributed by atoms with Crippen LogP contribution in [0.1, 0.15) is 33.0 Å². The van der Waals surface area contributed by atoms with Crippen LogP contribution in [0.3, 0.4) is 0 Å². The van der Waals surface area contributed by atoms with Gasteiger partial charge >= 0.3 is 0 Å². The summed E-state index contributed by atoms with van der Waals surface area (Å²) in [6, 6.07) is 11.1. The van der Waals surface area contributed by atoms with Crippen LogP contribution in [0.25, 0.3) is 16.6 Å². The fourth-order valence-corrected chi connectivity index (χ4v) is 5.94. The second kappa shape index (κ2) is 9.13. The van der Waals surface area contributed by atoms with E-state index >= 15 is 0 Å². The van der Waals surface area contributed by atoms with E-state index in [1.165, 1.54) is 17.4 Å². The summed E-state index contributed by atoms with van der Waals surface area (Å²) in [7, 11) is 0. The van der Waals surface area contributed by atoms with Crippen LogP contribution in [0.4, 0.5) is 8.78 Å². The zero-order valence-electron chi connectivity index (χ0n) is 19.4. The van der Waals surface area contributed by atoms with Crippen molar-refractivity contribution in [3.63, 3.8) is 0 Å². The van der Waals surface area contributed by atoms with Crippen LogP contribution >= 0.6 is 11.3 Å². The van der Waals surface area contributed by atoms with E-state index in [0.717, 1.165) is 62.1 Å². The van der Waals surface area contributed by atoms with E-state index in [9.17, 15) is 18.4 Å². The van der Waals surface area contributed by atoms with E-state index in [0.29, 0.717) is 28.1 Å². The van der Waals surface area contributed by atoms with E-state index in [2.05, 4.69) is 4.98 Å². The van der Waals surface area contributed by atoms with E-state index in [-0.39, 0.29) is 11.8 Å². The van der Waals surface area contributed by atoms with Crippen molar-refractivity contribution in [2.45, 2.75) is 12.8 Å². The Morgan fingerprint density at radius 1 is 0.889 bits per heavy atom. The quantitative estimate of drug-likeness (QED) is 0.392. The number of carbonyl (C=O) groups excluding carboxylic acids is 2. The first-order valence-electron chi connectivity index (χ1n) is 12.0. The molecule has 0 aliphatic carbocycles. The molecule has 2 aliphatic heterocycles. The molecule has 6 nitrogen and oxygen atoms in total. The Labute approximate surface area is 210 Å². The molecular formula is C27H24F2N4O2S. The van der Waals surface area contributed by atoms with Crippen molar-refractivity contribution < 1.29 is 18.4 Å². The first-order chi connectivity index (χ1) is 17.5. The summed E-state index contributed by atoms with van der Waals surface area (Å²) in [5.74, 6) is -0.782. The second-order valence-corrected chi connectivity index (χ2v) is 10.4. The van der Waals surface area contributed by atoms with Crippen LogP contribution in [0.15, 0.2) is 60.2 Å². The van der Waals surface area contributed by atoms with Gasteiger partial charge in [-0.3, -0.25) is 9.59 Å². The molecule has 0 atom stereocenters. The van der Waals surface area contributed by atoms with Gasteiger partial charge in [0.1, 0.15) is 0 Å². The van der Waals surface area contributed by atoms with Gasteiger partial charge < -0.3 is 14.4 Å². The van der Waals surface area contributed by atoms with Gasteiger partial charge in [0.05, 0.1) is 5.52 Å². The number of aromatic nitrogens is 2. The van der Waals surface area contributed by atoms with E-state index < -0.39 is 11.6 Å². The van der Waals surface area contributed by atoms with Crippen LogP contribution in [-0.2, 0) is 0 Å². The Hall–Kier alpha value is -3.59.